The van der Waals surface area contributed by atoms with E-state index in [1.807, 2.05) is 18.2 Å². The van der Waals surface area contributed by atoms with Gasteiger partial charge in [0.15, 0.2) is 0 Å². The van der Waals surface area contributed by atoms with Crippen LogP contribution in [0, 0.1) is 11.8 Å². The first-order valence-electron chi connectivity index (χ1n) is 7.20. The van der Waals surface area contributed by atoms with Gasteiger partial charge < -0.3 is 10.1 Å². The molecule has 1 aromatic rings. The molecule has 1 aliphatic rings. The second kappa shape index (κ2) is 6.51. The Labute approximate surface area is 121 Å². The topological polar surface area (TPSA) is 21.3 Å². The number of hydrogen-bond acceptors (Lipinski definition) is 2. The SMILES string of the molecule is COc1cc(NC2CCCC(C(C)C)C2)ccc1Cl. The number of rotatable bonds is 4. The second-order valence-electron chi connectivity index (χ2n) is 5.86. The fourth-order valence-corrected chi connectivity index (χ4v) is 3.14. The van der Waals surface area contributed by atoms with Crippen LogP contribution in [0.25, 0.3) is 0 Å². The molecule has 19 heavy (non-hydrogen) atoms. The summed E-state index contributed by atoms with van der Waals surface area (Å²) in [4.78, 5) is 0. The lowest BCUT2D eigenvalue weighted by atomic mass is 9.79. The van der Waals surface area contributed by atoms with Gasteiger partial charge in [-0.1, -0.05) is 38.3 Å². The monoisotopic (exact) mass is 281 g/mol. The highest BCUT2D eigenvalue weighted by atomic mass is 35.5. The highest BCUT2D eigenvalue weighted by molar-refractivity contribution is 6.32. The van der Waals surface area contributed by atoms with Crippen LogP contribution >= 0.6 is 11.6 Å². The normalized spacial score (nSPS) is 23.4. The van der Waals surface area contributed by atoms with Gasteiger partial charge in [0.1, 0.15) is 5.75 Å². The molecule has 1 aliphatic carbocycles. The smallest absolute Gasteiger partial charge is 0.139 e. The number of benzene rings is 1. The average molecular weight is 282 g/mol. The van der Waals surface area contributed by atoms with Crippen molar-refractivity contribution in [2.24, 2.45) is 11.8 Å². The van der Waals surface area contributed by atoms with Crippen LogP contribution in [0.15, 0.2) is 18.2 Å². The lowest BCUT2D eigenvalue weighted by Crippen LogP contribution is -2.29. The first-order valence-corrected chi connectivity index (χ1v) is 7.58. The summed E-state index contributed by atoms with van der Waals surface area (Å²) in [6, 6.07) is 6.49. The van der Waals surface area contributed by atoms with E-state index in [1.54, 1.807) is 7.11 Å². The molecule has 2 nitrogen and oxygen atoms in total. The zero-order valence-electron chi connectivity index (χ0n) is 12.1. The molecule has 1 fully saturated rings. The Bertz CT molecular complexity index is 419. The Balaban J connectivity index is 2.00. The molecule has 0 heterocycles. The Morgan fingerprint density at radius 1 is 1.32 bits per heavy atom. The molecule has 0 amide bonds. The van der Waals surface area contributed by atoms with Gasteiger partial charge in [-0.05, 0) is 36.8 Å². The summed E-state index contributed by atoms with van der Waals surface area (Å²) in [7, 11) is 1.65. The van der Waals surface area contributed by atoms with Gasteiger partial charge in [0, 0.05) is 17.8 Å². The van der Waals surface area contributed by atoms with Gasteiger partial charge in [0.25, 0.3) is 0 Å². The molecule has 0 aromatic heterocycles. The van der Waals surface area contributed by atoms with Crippen molar-refractivity contribution in [3.8, 4) is 5.75 Å². The molecule has 2 atom stereocenters. The fourth-order valence-electron chi connectivity index (χ4n) is 2.95. The third-order valence-electron chi connectivity index (χ3n) is 4.18. The number of ether oxygens (including phenoxy) is 1. The fraction of sp³-hybridized carbons (Fsp3) is 0.625. The Hall–Kier alpha value is -0.890. The largest absolute Gasteiger partial charge is 0.495 e. The van der Waals surface area contributed by atoms with E-state index in [2.05, 4.69) is 19.2 Å². The predicted octanol–water partition coefficient (Wildman–Crippen LogP) is 4.98. The van der Waals surface area contributed by atoms with E-state index in [1.165, 1.54) is 25.7 Å². The third-order valence-corrected chi connectivity index (χ3v) is 4.49. The Morgan fingerprint density at radius 3 is 2.79 bits per heavy atom. The van der Waals surface area contributed by atoms with Gasteiger partial charge in [-0.2, -0.15) is 0 Å². The summed E-state index contributed by atoms with van der Waals surface area (Å²) >= 11 is 6.05. The van der Waals surface area contributed by atoms with Crippen molar-refractivity contribution >= 4 is 17.3 Å². The summed E-state index contributed by atoms with van der Waals surface area (Å²) < 4.78 is 5.26. The molecule has 0 saturated heterocycles. The third kappa shape index (κ3) is 3.79. The predicted molar refractivity (Wildman–Crippen MR) is 82.2 cm³/mol. The molecule has 0 radical (unpaired) electrons. The van der Waals surface area contributed by atoms with Crippen molar-refractivity contribution < 1.29 is 4.74 Å². The van der Waals surface area contributed by atoms with Crippen LogP contribution in [0.5, 0.6) is 5.75 Å². The summed E-state index contributed by atoms with van der Waals surface area (Å²) in [6.45, 7) is 4.66. The van der Waals surface area contributed by atoms with Crippen LogP contribution in [0.2, 0.25) is 5.02 Å². The van der Waals surface area contributed by atoms with Gasteiger partial charge in [-0.3, -0.25) is 0 Å². The molecule has 2 unspecified atom stereocenters. The van der Waals surface area contributed by atoms with E-state index >= 15 is 0 Å². The molecule has 2 rings (SSSR count). The van der Waals surface area contributed by atoms with Crippen LogP contribution in [-0.4, -0.2) is 13.2 Å². The summed E-state index contributed by atoms with van der Waals surface area (Å²) in [5, 5.41) is 4.29. The van der Waals surface area contributed by atoms with E-state index in [9.17, 15) is 0 Å². The van der Waals surface area contributed by atoms with Crippen molar-refractivity contribution in [1.29, 1.82) is 0 Å². The number of halogens is 1. The Kier molecular flexibility index (Phi) is 4.98. The maximum absolute atomic E-state index is 6.05. The minimum atomic E-state index is 0.576. The van der Waals surface area contributed by atoms with Crippen LogP contribution in [-0.2, 0) is 0 Å². The maximum atomic E-state index is 6.05. The molecule has 1 saturated carbocycles. The van der Waals surface area contributed by atoms with E-state index < -0.39 is 0 Å². The van der Waals surface area contributed by atoms with Crippen LogP contribution in [0.1, 0.15) is 39.5 Å². The second-order valence-corrected chi connectivity index (χ2v) is 6.27. The lowest BCUT2D eigenvalue weighted by molar-refractivity contribution is 0.264. The highest BCUT2D eigenvalue weighted by Crippen LogP contribution is 2.33. The van der Waals surface area contributed by atoms with Gasteiger partial charge >= 0.3 is 0 Å². The first kappa shape index (κ1) is 14.5. The lowest BCUT2D eigenvalue weighted by Gasteiger charge is -2.32. The van der Waals surface area contributed by atoms with E-state index in [0.717, 1.165) is 23.3 Å². The summed E-state index contributed by atoms with van der Waals surface area (Å²) in [5.41, 5.74) is 1.11. The molecular weight excluding hydrogens is 258 g/mol. The van der Waals surface area contributed by atoms with Crippen molar-refractivity contribution in [1.82, 2.24) is 0 Å². The number of methoxy groups -OCH3 is 1. The maximum Gasteiger partial charge on any atom is 0.139 e. The van der Waals surface area contributed by atoms with Crippen molar-refractivity contribution in [2.75, 3.05) is 12.4 Å². The molecule has 0 spiro atoms. The zero-order valence-corrected chi connectivity index (χ0v) is 12.8. The molecule has 1 N–H and O–H groups in total. The summed E-state index contributed by atoms with van der Waals surface area (Å²) in [5.74, 6) is 2.37. The first-order chi connectivity index (χ1) is 9.10. The summed E-state index contributed by atoms with van der Waals surface area (Å²) in [6.07, 6.45) is 5.22. The van der Waals surface area contributed by atoms with Gasteiger partial charge in [-0.25, -0.2) is 0 Å². The van der Waals surface area contributed by atoms with Crippen LogP contribution < -0.4 is 10.1 Å². The standard InChI is InChI=1S/C16H24ClNO/c1-11(2)12-5-4-6-13(9-12)18-14-7-8-15(17)16(10-14)19-3/h7-8,10-13,18H,4-6,9H2,1-3H3. The quantitative estimate of drug-likeness (QED) is 0.841. The van der Waals surface area contributed by atoms with Crippen LogP contribution in [0.4, 0.5) is 5.69 Å². The highest BCUT2D eigenvalue weighted by Gasteiger charge is 2.24. The number of anilines is 1. The Morgan fingerprint density at radius 2 is 2.11 bits per heavy atom. The van der Waals surface area contributed by atoms with E-state index in [-0.39, 0.29) is 0 Å². The molecule has 1 aromatic carbocycles. The molecular formula is C16H24ClNO. The molecule has 3 heteroatoms. The van der Waals surface area contributed by atoms with Crippen molar-refractivity contribution in [3.05, 3.63) is 23.2 Å². The average Bonchev–Trinajstić information content (AvgIpc) is 2.41. The van der Waals surface area contributed by atoms with E-state index in [0.29, 0.717) is 11.1 Å². The molecule has 0 bridgehead atoms. The van der Waals surface area contributed by atoms with Gasteiger partial charge in [-0.15, -0.1) is 0 Å². The van der Waals surface area contributed by atoms with Gasteiger partial charge in [0.2, 0.25) is 0 Å². The molecule has 0 aliphatic heterocycles. The number of hydrogen-bond donors (Lipinski definition) is 1. The van der Waals surface area contributed by atoms with E-state index in [4.69, 9.17) is 16.3 Å². The molecule has 106 valence electrons. The minimum absolute atomic E-state index is 0.576. The zero-order chi connectivity index (χ0) is 13.8. The van der Waals surface area contributed by atoms with Gasteiger partial charge in [0.05, 0.1) is 12.1 Å². The van der Waals surface area contributed by atoms with Crippen molar-refractivity contribution in [2.45, 2.75) is 45.6 Å². The number of nitrogens with one attached hydrogen (secondary N) is 1. The van der Waals surface area contributed by atoms with Crippen LogP contribution in [0.3, 0.4) is 0 Å². The van der Waals surface area contributed by atoms with Crippen molar-refractivity contribution in [3.63, 3.8) is 0 Å². The minimum Gasteiger partial charge on any atom is -0.495 e.